The van der Waals surface area contributed by atoms with Crippen molar-refractivity contribution in [3.63, 3.8) is 0 Å². The molecule has 0 aliphatic heterocycles. The molecule has 0 heterocycles. The third kappa shape index (κ3) is 10.4. The minimum absolute atomic E-state index is 0. The molecule has 64 valence electrons. The van der Waals surface area contributed by atoms with E-state index in [9.17, 15) is 9.59 Å². The summed E-state index contributed by atoms with van der Waals surface area (Å²) in [6, 6.07) is 0. The van der Waals surface area contributed by atoms with E-state index in [1.165, 1.54) is 0 Å². The third-order valence-electron chi connectivity index (χ3n) is 0.637. The number of ether oxygens (including phenoxy) is 1. The standard InChI is InChI=1S/C6H7ClO3.Ar/c1-2-10-6(9)4-3-5(7)8;/h3-4H,2H2,1H3;. The van der Waals surface area contributed by atoms with Crippen molar-refractivity contribution < 1.29 is 52.1 Å². The van der Waals surface area contributed by atoms with E-state index < -0.39 is 11.2 Å². The zero-order valence-corrected chi connectivity index (χ0v) is 7.28. The number of carbonyl (C=O) groups excluding carboxylic acids is 2. The average Bonchev–Trinajstić information content (AvgIpc) is 1.85. The molecule has 0 aromatic rings. The van der Waals surface area contributed by atoms with Crippen LogP contribution in [0.2, 0.25) is 0 Å². The molecule has 3 nitrogen and oxygen atoms in total. The number of carbonyl (C=O) groups is 2. The molecule has 0 bridgehead atoms. The number of rotatable bonds is 3. The van der Waals surface area contributed by atoms with Gasteiger partial charge in [-0.3, -0.25) is 4.79 Å². The Kier molecular flexibility index (Phi) is 10.8. The van der Waals surface area contributed by atoms with E-state index >= 15 is 0 Å². The van der Waals surface area contributed by atoms with Gasteiger partial charge in [-0.25, -0.2) is 4.79 Å². The molecule has 0 saturated carbocycles. The van der Waals surface area contributed by atoms with Crippen molar-refractivity contribution in [2.45, 2.75) is 6.92 Å². The normalized spacial score (nSPS) is 8.91. The van der Waals surface area contributed by atoms with Crippen LogP contribution in [0.5, 0.6) is 0 Å². The summed E-state index contributed by atoms with van der Waals surface area (Å²) < 4.78 is 4.46. The van der Waals surface area contributed by atoms with Crippen molar-refractivity contribution in [2.75, 3.05) is 6.61 Å². The molecule has 0 amide bonds. The van der Waals surface area contributed by atoms with E-state index in [1.54, 1.807) is 6.92 Å². The molecule has 0 atom stereocenters. The predicted octanol–water partition coefficient (Wildman–Crippen LogP) is 0.871. The summed E-state index contributed by atoms with van der Waals surface area (Å²) in [4.78, 5) is 20.5. The fourth-order valence-electron chi connectivity index (χ4n) is 0.324. The maximum Gasteiger partial charge on any atom is 0.330 e. The van der Waals surface area contributed by atoms with Gasteiger partial charge in [-0.2, -0.15) is 0 Å². The van der Waals surface area contributed by atoms with Crippen molar-refractivity contribution in [1.29, 1.82) is 0 Å². The van der Waals surface area contributed by atoms with Gasteiger partial charge in [-0.1, -0.05) is 0 Å². The zero-order chi connectivity index (χ0) is 7.98. The average molecular weight is 203 g/mol. The second kappa shape index (κ2) is 8.53. The van der Waals surface area contributed by atoms with E-state index in [-0.39, 0.29) is 37.7 Å². The Bertz CT molecular complexity index is 167. The van der Waals surface area contributed by atoms with Crippen molar-refractivity contribution >= 4 is 22.8 Å². The van der Waals surface area contributed by atoms with Crippen LogP contribution in [-0.4, -0.2) is 17.8 Å². The molecule has 0 spiro atoms. The van der Waals surface area contributed by atoms with Crippen LogP contribution >= 0.6 is 11.6 Å². The molecule has 0 aromatic heterocycles. The molecule has 0 N–H and O–H groups in total. The van der Waals surface area contributed by atoms with Gasteiger partial charge < -0.3 is 4.74 Å². The van der Waals surface area contributed by atoms with Gasteiger partial charge in [0.05, 0.1) is 6.61 Å². The summed E-state index contributed by atoms with van der Waals surface area (Å²) in [6.45, 7) is 1.97. The number of esters is 1. The van der Waals surface area contributed by atoms with Gasteiger partial charge in [0.25, 0.3) is 0 Å². The Labute approximate surface area is 99.7 Å². The first-order valence-corrected chi connectivity index (χ1v) is 3.09. The molecule has 0 aliphatic rings. The molecule has 0 rings (SSSR count). The molecule has 0 unspecified atom stereocenters. The summed E-state index contributed by atoms with van der Waals surface area (Å²) in [5.41, 5.74) is 0. The van der Waals surface area contributed by atoms with Gasteiger partial charge in [-0.15, -0.1) is 0 Å². The summed E-state index contributed by atoms with van der Waals surface area (Å²) in [6.07, 6.45) is 1.93. The monoisotopic (exact) mass is 202 g/mol. The van der Waals surface area contributed by atoms with E-state index in [2.05, 4.69) is 4.74 Å². The Hall–Kier alpha value is 0.430. The van der Waals surface area contributed by atoms with Gasteiger partial charge in [0.2, 0.25) is 5.24 Å². The van der Waals surface area contributed by atoms with E-state index in [0.29, 0.717) is 6.61 Å². The first-order valence-electron chi connectivity index (χ1n) is 2.71. The predicted molar refractivity (Wildman–Crippen MR) is 36.6 cm³/mol. The summed E-state index contributed by atoms with van der Waals surface area (Å²) in [5.74, 6) is -0.559. The van der Waals surface area contributed by atoms with Crippen LogP contribution in [0.15, 0.2) is 12.2 Å². The van der Waals surface area contributed by atoms with Gasteiger partial charge in [0.15, 0.2) is 0 Å². The number of halogens is 1. The van der Waals surface area contributed by atoms with Crippen molar-refractivity contribution in [3.05, 3.63) is 12.2 Å². The Morgan fingerprint density at radius 3 is 2.36 bits per heavy atom. The van der Waals surface area contributed by atoms with Crippen LogP contribution < -0.4 is 0 Å². The molecular formula is C6H7ArClO3. The quantitative estimate of drug-likeness (QED) is 0.388. The first kappa shape index (κ1) is 14.0. The molecule has 0 aliphatic carbocycles. The Morgan fingerprint density at radius 1 is 1.45 bits per heavy atom. The van der Waals surface area contributed by atoms with Crippen LogP contribution in [0, 0.1) is 37.7 Å². The van der Waals surface area contributed by atoms with Crippen LogP contribution in [0.3, 0.4) is 0 Å². The largest absolute Gasteiger partial charge is 0.463 e. The van der Waals surface area contributed by atoms with E-state index in [0.717, 1.165) is 12.2 Å². The second-order valence-electron chi connectivity index (χ2n) is 1.39. The Balaban J connectivity index is 0. The third-order valence-corrected chi connectivity index (χ3v) is 0.763. The zero-order valence-electron chi connectivity index (χ0n) is 5.82. The molecule has 0 aromatic carbocycles. The smallest absolute Gasteiger partial charge is 0.330 e. The van der Waals surface area contributed by atoms with Crippen LogP contribution in [0.25, 0.3) is 0 Å². The van der Waals surface area contributed by atoms with Gasteiger partial charge in [-0.05, 0) is 18.5 Å². The minimum atomic E-state index is -0.687. The maximum atomic E-state index is 10.4. The van der Waals surface area contributed by atoms with Crippen LogP contribution in [-0.2, 0) is 14.3 Å². The molecule has 5 heteroatoms. The van der Waals surface area contributed by atoms with Crippen LogP contribution in [0.1, 0.15) is 6.92 Å². The van der Waals surface area contributed by atoms with Crippen molar-refractivity contribution in [3.8, 4) is 0 Å². The number of allylic oxidation sites excluding steroid dienone is 1. The number of hydrogen-bond acceptors (Lipinski definition) is 3. The van der Waals surface area contributed by atoms with E-state index in [1.807, 2.05) is 0 Å². The van der Waals surface area contributed by atoms with Crippen molar-refractivity contribution in [2.24, 2.45) is 0 Å². The Morgan fingerprint density at radius 2 is 2.00 bits per heavy atom. The van der Waals surface area contributed by atoms with Gasteiger partial charge in [0, 0.05) is 49.9 Å². The maximum absolute atomic E-state index is 10.4. The van der Waals surface area contributed by atoms with Crippen molar-refractivity contribution in [1.82, 2.24) is 0 Å². The fourth-order valence-corrected chi connectivity index (χ4v) is 0.387. The molecular weight excluding hydrogens is 195 g/mol. The summed E-state index contributed by atoms with van der Waals surface area (Å²) >= 11 is 4.89. The number of hydrogen-bond donors (Lipinski definition) is 0. The second-order valence-corrected chi connectivity index (χ2v) is 1.76. The van der Waals surface area contributed by atoms with E-state index in [4.69, 9.17) is 11.6 Å². The fraction of sp³-hybridized carbons (Fsp3) is 0.333. The summed E-state index contributed by atoms with van der Waals surface area (Å²) in [5, 5.41) is -0.687. The molecule has 11 heavy (non-hydrogen) atoms. The molecule has 0 fully saturated rings. The van der Waals surface area contributed by atoms with Crippen LogP contribution in [0.4, 0.5) is 0 Å². The SMILES string of the molecule is CCOC(=O)C=CC(=O)Cl.[Ar]. The topological polar surface area (TPSA) is 43.4 Å². The van der Waals surface area contributed by atoms with Gasteiger partial charge in [0.1, 0.15) is 0 Å². The first-order chi connectivity index (χ1) is 4.66. The minimum Gasteiger partial charge on any atom is -0.463 e. The van der Waals surface area contributed by atoms with Gasteiger partial charge >= 0.3 is 5.97 Å². The molecule has 0 radical (unpaired) electrons. The summed E-state index contributed by atoms with van der Waals surface area (Å²) in [7, 11) is 0. The molecule has 0 saturated heterocycles.